The molecular formula is C14H14FN3O. The van der Waals surface area contributed by atoms with Crippen molar-refractivity contribution in [3.8, 4) is 11.3 Å². The van der Waals surface area contributed by atoms with E-state index in [0.29, 0.717) is 23.6 Å². The lowest BCUT2D eigenvalue weighted by Crippen LogP contribution is -2.11. The molecule has 0 aliphatic rings. The van der Waals surface area contributed by atoms with Crippen molar-refractivity contribution in [1.29, 1.82) is 0 Å². The lowest BCUT2D eigenvalue weighted by atomic mass is 10.1. The van der Waals surface area contributed by atoms with Gasteiger partial charge in [0, 0.05) is 12.5 Å². The molecule has 1 aromatic heterocycles. The van der Waals surface area contributed by atoms with Gasteiger partial charge in [-0.25, -0.2) is 14.4 Å². The van der Waals surface area contributed by atoms with Crippen LogP contribution in [0.25, 0.3) is 11.3 Å². The molecule has 0 fully saturated rings. The van der Waals surface area contributed by atoms with E-state index in [2.05, 4.69) is 15.3 Å². The number of nitrogens with zero attached hydrogens (tertiary/aromatic N) is 2. The lowest BCUT2D eigenvalue weighted by Gasteiger charge is -2.08. The molecule has 0 unspecified atom stereocenters. The van der Waals surface area contributed by atoms with E-state index in [1.165, 1.54) is 19.1 Å². The van der Waals surface area contributed by atoms with Crippen molar-refractivity contribution >= 4 is 11.7 Å². The van der Waals surface area contributed by atoms with E-state index in [4.69, 9.17) is 0 Å². The van der Waals surface area contributed by atoms with Crippen molar-refractivity contribution in [2.75, 3.05) is 5.32 Å². The third-order valence-electron chi connectivity index (χ3n) is 2.61. The van der Waals surface area contributed by atoms with Crippen LogP contribution >= 0.6 is 0 Å². The average molecular weight is 259 g/mol. The maximum Gasteiger partial charge on any atom is 0.222 e. The van der Waals surface area contributed by atoms with E-state index < -0.39 is 0 Å². The molecule has 2 rings (SSSR count). The SMILES string of the molecule is CCc1nc(-c2ccc(F)cc2)cnc1NC(C)=O. The minimum absolute atomic E-state index is 0.182. The first-order chi connectivity index (χ1) is 9.10. The summed E-state index contributed by atoms with van der Waals surface area (Å²) in [7, 11) is 0. The molecule has 4 nitrogen and oxygen atoms in total. The van der Waals surface area contributed by atoms with Gasteiger partial charge >= 0.3 is 0 Å². The molecule has 1 amide bonds. The predicted molar refractivity (Wildman–Crippen MR) is 71.1 cm³/mol. The number of carbonyl (C=O) groups excluding carboxylic acids is 1. The molecule has 0 aliphatic carbocycles. The van der Waals surface area contributed by atoms with Crippen LogP contribution in [0.3, 0.4) is 0 Å². The predicted octanol–water partition coefficient (Wildman–Crippen LogP) is 2.80. The van der Waals surface area contributed by atoms with Gasteiger partial charge in [0.05, 0.1) is 17.6 Å². The Morgan fingerprint density at radius 1 is 1.32 bits per heavy atom. The van der Waals surface area contributed by atoms with Crippen molar-refractivity contribution < 1.29 is 9.18 Å². The molecule has 0 saturated heterocycles. The first kappa shape index (κ1) is 13.1. The largest absolute Gasteiger partial charge is 0.309 e. The average Bonchev–Trinajstić information content (AvgIpc) is 2.39. The summed E-state index contributed by atoms with van der Waals surface area (Å²) in [5.74, 6) is 0.00156. The zero-order valence-electron chi connectivity index (χ0n) is 10.8. The molecule has 0 bridgehead atoms. The zero-order valence-corrected chi connectivity index (χ0v) is 10.8. The van der Waals surface area contributed by atoms with Gasteiger partial charge in [0.25, 0.3) is 0 Å². The summed E-state index contributed by atoms with van der Waals surface area (Å²) in [6.45, 7) is 3.36. The Balaban J connectivity index is 2.38. The standard InChI is InChI=1S/C14H14FN3O/c1-3-12-14(17-9(2)19)16-8-13(18-12)10-4-6-11(15)7-5-10/h4-8H,3H2,1-2H3,(H,16,17,19). The molecule has 0 saturated carbocycles. The van der Waals surface area contributed by atoms with Gasteiger partial charge in [-0.2, -0.15) is 0 Å². The Kier molecular flexibility index (Phi) is 3.85. The van der Waals surface area contributed by atoms with Crippen molar-refractivity contribution in [2.45, 2.75) is 20.3 Å². The van der Waals surface area contributed by atoms with E-state index >= 15 is 0 Å². The topological polar surface area (TPSA) is 54.9 Å². The Hall–Kier alpha value is -2.30. The van der Waals surface area contributed by atoms with Gasteiger partial charge in [-0.3, -0.25) is 4.79 Å². The number of halogens is 1. The fourth-order valence-electron chi connectivity index (χ4n) is 1.70. The second-order valence-corrected chi connectivity index (χ2v) is 4.09. The summed E-state index contributed by atoms with van der Waals surface area (Å²) in [4.78, 5) is 19.7. The van der Waals surface area contributed by atoms with Crippen molar-refractivity contribution in [1.82, 2.24) is 9.97 Å². The molecule has 98 valence electrons. The first-order valence-corrected chi connectivity index (χ1v) is 5.99. The summed E-state index contributed by atoms with van der Waals surface area (Å²) in [5, 5.41) is 2.64. The number of benzene rings is 1. The van der Waals surface area contributed by atoms with Gasteiger partial charge in [-0.15, -0.1) is 0 Å². The number of hydrogen-bond donors (Lipinski definition) is 1. The molecule has 1 N–H and O–H groups in total. The molecule has 0 radical (unpaired) electrons. The van der Waals surface area contributed by atoms with Crippen LogP contribution in [0.4, 0.5) is 10.2 Å². The molecule has 1 heterocycles. The molecule has 0 spiro atoms. The minimum atomic E-state index is -0.290. The highest BCUT2D eigenvalue weighted by atomic mass is 19.1. The Morgan fingerprint density at radius 2 is 2.00 bits per heavy atom. The molecule has 19 heavy (non-hydrogen) atoms. The Labute approximate surface area is 110 Å². The summed E-state index contributed by atoms with van der Waals surface area (Å²) in [6, 6.07) is 6.06. The van der Waals surface area contributed by atoms with Crippen molar-refractivity contribution in [2.24, 2.45) is 0 Å². The number of rotatable bonds is 3. The van der Waals surface area contributed by atoms with Gasteiger partial charge in [0.15, 0.2) is 5.82 Å². The molecule has 0 atom stereocenters. The summed E-state index contributed by atoms with van der Waals surface area (Å²) < 4.78 is 12.9. The second kappa shape index (κ2) is 5.56. The third-order valence-corrected chi connectivity index (χ3v) is 2.61. The highest BCUT2D eigenvalue weighted by Crippen LogP contribution is 2.20. The summed E-state index contributed by atoms with van der Waals surface area (Å²) in [6.07, 6.45) is 2.22. The van der Waals surface area contributed by atoms with Crippen molar-refractivity contribution in [3.05, 3.63) is 42.0 Å². The Morgan fingerprint density at radius 3 is 2.58 bits per heavy atom. The van der Waals surface area contributed by atoms with Gasteiger partial charge in [-0.1, -0.05) is 6.92 Å². The molecule has 0 aliphatic heterocycles. The van der Waals surface area contributed by atoms with Crippen LogP contribution in [0, 0.1) is 5.82 Å². The van der Waals surface area contributed by atoms with E-state index in [0.717, 1.165) is 5.56 Å². The van der Waals surface area contributed by atoms with Crippen LogP contribution < -0.4 is 5.32 Å². The van der Waals surface area contributed by atoms with Crippen LogP contribution in [0.2, 0.25) is 0 Å². The van der Waals surface area contributed by atoms with Crippen LogP contribution in [-0.2, 0) is 11.2 Å². The number of nitrogens with one attached hydrogen (secondary N) is 1. The highest BCUT2D eigenvalue weighted by molar-refractivity contribution is 5.88. The van der Waals surface area contributed by atoms with Crippen LogP contribution in [0.5, 0.6) is 0 Å². The van der Waals surface area contributed by atoms with Crippen LogP contribution in [0.1, 0.15) is 19.5 Å². The number of aromatic nitrogens is 2. The number of hydrogen-bond acceptors (Lipinski definition) is 3. The van der Waals surface area contributed by atoms with Crippen molar-refractivity contribution in [3.63, 3.8) is 0 Å². The molecule has 2 aromatic rings. The van der Waals surface area contributed by atoms with E-state index in [1.807, 2.05) is 6.92 Å². The maximum absolute atomic E-state index is 12.9. The minimum Gasteiger partial charge on any atom is -0.309 e. The smallest absolute Gasteiger partial charge is 0.222 e. The Bertz CT molecular complexity index is 596. The fraction of sp³-hybridized carbons (Fsp3) is 0.214. The van der Waals surface area contributed by atoms with Crippen LogP contribution in [-0.4, -0.2) is 15.9 Å². The monoisotopic (exact) mass is 259 g/mol. The maximum atomic E-state index is 12.9. The number of anilines is 1. The quantitative estimate of drug-likeness (QED) is 0.922. The molecule has 1 aromatic carbocycles. The molecular weight excluding hydrogens is 245 g/mol. The van der Waals surface area contributed by atoms with Gasteiger partial charge in [0.2, 0.25) is 5.91 Å². The lowest BCUT2D eigenvalue weighted by molar-refractivity contribution is -0.114. The number of aryl methyl sites for hydroxylation is 1. The summed E-state index contributed by atoms with van der Waals surface area (Å²) >= 11 is 0. The van der Waals surface area contributed by atoms with E-state index in [1.54, 1.807) is 18.3 Å². The van der Waals surface area contributed by atoms with Gasteiger partial charge < -0.3 is 5.32 Å². The van der Waals surface area contributed by atoms with Crippen LogP contribution in [0.15, 0.2) is 30.5 Å². The summed E-state index contributed by atoms with van der Waals surface area (Å²) in [5.41, 5.74) is 2.15. The first-order valence-electron chi connectivity index (χ1n) is 5.99. The number of amides is 1. The van der Waals surface area contributed by atoms with Gasteiger partial charge in [0.1, 0.15) is 5.82 Å². The second-order valence-electron chi connectivity index (χ2n) is 4.09. The highest BCUT2D eigenvalue weighted by Gasteiger charge is 2.08. The number of carbonyl (C=O) groups is 1. The third kappa shape index (κ3) is 3.13. The van der Waals surface area contributed by atoms with E-state index in [9.17, 15) is 9.18 Å². The fourth-order valence-corrected chi connectivity index (χ4v) is 1.70. The zero-order chi connectivity index (χ0) is 13.8. The van der Waals surface area contributed by atoms with Gasteiger partial charge in [-0.05, 0) is 30.7 Å². The molecule has 5 heteroatoms. The normalized spacial score (nSPS) is 10.3. The van der Waals surface area contributed by atoms with E-state index in [-0.39, 0.29) is 11.7 Å².